The summed E-state index contributed by atoms with van der Waals surface area (Å²) in [4.78, 5) is 36.0. The lowest BCUT2D eigenvalue weighted by molar-refractivity contribution is -0.155. The molecule has 0 spiro atoms. The molecule has 0 aliphatic heterocycles. The summed E-state index contributed by atoms with van der Waals surface area (Å²) in [6.07, 6.45) is 0.928. The molecule has 1 fully saturated rings. The first-order valence-electron chi connectivity index (χ1n) is 10.5. The minimum absolute atomic E-state index is 0.250. The minimum Gasteiger partial charge on any atom is -0.480 e. The molecule has 2 heterocycles. The molecule has 13 nitrogen and oxygen atoms in total. The van der Waals surface area contributed by atoms with E-state index in [0.717, 1.165) is 0 Å². The fourth-order valence-electron chi connectivity index (χ4n) is 3.13. The third-order valence-corrected chi connectivity index (χ3v) is 6.88. The SMILES string of the molecule is CC(C)OC(=O)[C@H](C)OP(=O)(CO[C@H](C)Cn1cnc2c(N)ncnc21)NC1(C(=O)O)CC1. The van der Waals surface area contributed by atoms with Gasteiger partial charge in [0.15, 0.2) is 17.6 Å². The first kappa shape index (κ1) is 25.0. The van der Waals surface area contributed by atoms with E-state index in [1.807, 2.05) is 0 Å². The van der Waals surface area contributed by atoms with E-state index in [2.05, 4.69) is 20.0 Å². The molecular weight excluding hydrogens is 455 g/mol. The van der Waals surface area contributed by atoms with E-state index in [0.29, 0.717) is 17.7 Å². The van der Waals surface area contributed by atoms with E-state index in [1.54, 1.807) is 25.3 Å². The largest absolute Gasteiger partial charge is 0.480 e. The summed E-state index contributed by atoms with van der Waals surface area (Å²) in [7, 11) is -3.91. The average molecular weight is 484 g/mol. The van der Waals surface area contributed by atoms with Crippen LogP contribution in [0.5, 0.6) is 0 Å². The Balaban J connectivity index is 1.69. The maximum absolute atomic E-state index is 13.6. The number of nitrogens with one attached hydrogen (secondary N) is 1. The van der Waals surface area contributed by atoms with Crippen molar-refractivity contribution in [3.8, 4) is 0 Å². The van der Waals surface area contributed by atoms with Crippen molar-refractivity contribution in [1.82, 2.24) is 24.6 Å². The Morgan fingerprint density at radius 3 is 2.58 bits per heavy atom. The lowest BCUT2D eigenvalue weighted by Gasteiger charge is -2.27. The van der Waals surface area contributed by atoms with Gasteiger partial charge in [-0.3, -0.25) is 9.36 Å². The van der Waals surface area contributed by atoms with E-state index in [-0.39, 0.29) is 24.8 Å². The molecular formula is C19H29N6O7P. The first-order valence-corrected chi connectivity index (χ1v) is 12.3. The van der Waals surface area contributed by atoms with Crippen LogP contribution in [0.3, 0.4) is 0 Å². The van der Waals surface area contributed by atoms with Crippen LogP contribution in [-0.2, 0) is 34.7 Å². The number of ether oxygens (including phenoxy) is 2. The molecule has 0 aromatic carbocycles. The summed E-state index contributed by atoms with van der Waals surface area (Å²) in [5.74, 6) is -1.60. The van der Waals surface area contributed by atoms with Crippen LogP contribution >= 0.6 is 7.52 Å². The standard InChI is InChI=1S/C19H29N6O7P/c1-11(2)31-17(26)13(4)32-33(29,24-19(5-6-19)18(27)28)10-30-12(3)7-25-9-23-14-15(20)21-8-22-16(14)25/h8-9,11-13H,5-7,10H2,1-4H3,(H,24,29)(H,27,28)(H2,20,21,22)/t12-,13+,33?/m1/s1. The van der Waals surface area contributed by atoms with E-state index >= 15 is 0 Å². The van der Waals surface area contributed by atoms with Crippen molar-refractivity contribution in [2.75, 3.05) is 12.1 Å². The molecule has 0 bridgehead atoms. The minimum atomic E-state index is -3.91. The van der Waals surface area contributed by atoms with Crippen molar-refractivity contribution >= 4 is 36.4 Å². The first-order chi connectivity index (χ1) is 15.4. The molecule has 4 N–H and O–H groups in total. The fourth-order valence-corrected chi connectivity index (χ4v) is 5.32. The zero-order valence-electron chi connectivity index (χ0n) is 18.9. The number of carboxylic acid groups (broad SMARTS) is 1. The van der Waals surface area contributed by atoms with Crippen LogP contribution in [-0.4, -0.2) is 66.8 Å². The van der Waals surface area contributed by atoms with Gasteiger partial charge in [0, 0.05) is 0 Å². The number of carbonyl (C=O) groups excluding carboxylic acids is 1. The molecule has 1 unspecified atom stereocenters. The Hall–Kier alpha value is -2.60. The number of hydrogen-bond donors (Lipinski definition) is 3. The quantitative estimate of drug-likeness (QED) is 0.292. The number of carboxylic acids is 1. The maximum atomic E-state index is 13.6. The topological polar surface area (TPSA) is 181 Å². The van der Waals surface area contributed by atoms with Crippen LogP contribution in [0.1, 0.15) is 40.5 Å². The number of nitrogens with zero attached hydrogens (tertiary/aromatic N) is 4. The maximum Gasteiger partial charge on any atom is 0.335 e. The number of imidazole rings is 1. The van der Waals surface area contributed by atoms with Crippen LogP contribution in [0.25, 0.3) is 11.2 Å². The van der Waals surface area contributed by atoms with Gasteiger partial charge in [0.05, 0.1) is 25.1 Å². The van der Waals surface area contributed by atoms with Gasteiger partial charge in [-0.1, -0.05) is 0 Å². The van der Waals surface area contributed by atoms with Crippen LogP contribution in [0.2, 0.25) is 0 Å². The highest BCUT2D eigenvalue weighted by atomic mass is 31.2. The molecule has 0 saturated heterocycles. The lowest BCUT2D eigenvalue weighted by atomic mass is 10.3. The molecule has 3 rings (SSSR count). The van der Waals surface area contributed by atoms with E-state index in [9.17, 15) is 19.3 Å². The molecule has 2 aromatic rings. The molecule has 0 amide bonds. The highest BCUT2D eigenvalue weighted by molar-refractivity contribution is 7.56. The monoisotopic (exact) mass is 484 g/mol. The fraction of sp³-hybridized carbons (Fsp3) is 0.632. The predicted octanol–water partition coefficient (Wildman–Crippen LogP) is 1.53. The summed E-state index contributed by atoms with van der Waals surface area (Å²) in [5, 5.41) is 12.1. The summed E-state index contributed by atoms with van der Waals surface area (Å²) >= 11 is 0. The Morgan fingerprint density at radius 2 is 1.97 bits per heavy atom. The van der Waals surface area contributed by atoms with Crippen molar-refractivity contribution in [2.45, 2.75) is 70.9 Å². The number of carbonyl (C=O) groups is 2. The smallest absolute Gasteiger partial charge is 0.335 e. The summed E-state index contributed by atoms with van der Waals surface area (Å²) < 4.78 is 31.6. The van der Waals surface area contributed by atoms with Gasteiger partial charge < -0.3 is 29.4 Å². The molecule has 14 heteroatoms. The number of nitrogen functional groups attached to an aromatic ring is 1. The average Bonchev–Trinajstić information content (AvgIpc) is 3.39. The van der Waals surface area contributed by atoms with Gasteiger partial charge in [0.2, 0.25) is 0 Å². The Bertz CT molecular complexity index is 1070. The Labute approximate surface area is 190 Å². The lowest BCUT2D eigenvalue weighted by Crippen LogP contribution is -2.40. The van der Waals surface area contributed by atoms with Crippen molar-refractivity contribution < 1.29 is 33.3 Å². The Morgan fingerprint density at radius 1 is 1.27 bits per heavy atom. The predicted molar refractivity (Wildman–Crippen MR) is 117 cm³/mol. The second-order valence-electron chi connectivity index (χ2n) is 8.34. The molecule has 1 saturated carbocycles. The van der Waals surface area contributed by atoms with Crippen LogP contribution in [0.4, 0.5) is 5.82 Å². The van der Waals surface area contributed by atoms with Crippen LogP contribution in [0, 0.1) is 0 Å². The van der Waals surface area contributed by atoms with E-state index < -0.39 is 43.6 Å². The van der Waals surface area contributed by atoms with Crippen molar-refractivity contribution in [3.05, 3.63) is 12.7 Å². The normalized spacial score (nSPS) is 18.6. The summed E-state index contributed by atoms with van der Waals surface area (Å²) in [5.41, 5.74) is 5.41. The van der Waals surface area contributed by atoms with E-state index in [1.165, 1.54) is 19.6 Å². The van der Waals surface area contributed by atoms with Gasteiger partial charge in [-0.15, -0.1) is 0 Å². The molecule has 1 aliphatic rings. The number of fused-ring (bicyclic) bond motifs is 1. The van der Waals surface area contributed by atoms with Gasteiger partial charge in [-0.2, -0.15) is 0 Å². The number of aromatic nitrogens is 4. The highest BCUT2D eigenvalue weighted by Gasteiger charge is 2.55. The molecule has 1 aliphatic carbocycles. The molecule has 2 aromatic heterocycles. The molecule has 0 radical (unpaired) electrons. The molecule has 3 atom stereocenters. The second kappa shape index (κ2) is 9.72. The number of rotatable bonds is 12. The van der Waals surface area contributed by atoms with Crippen LogP contribution < -0.4 is 10.8 Å². The van der Waals surface area contributed by atoms with Crippen molar-refractivity contribution in [2.24, 2.45) is 0 Å². The van der Waals surface area contributed by atoms with Crippen LogP contribution in [0.15, 0.2) is 12.7 Å². The summed E-state index contributed by atoms with van der Waals surface area (Å²) in [6, 6.07) is 0. The van der Waals surface area contributed by atoms with Gasteiger partial charge >= 0.3 is 11.9 Å². The van der Waals surface area contributed by atoms with Gasteiger partial charge in [-0.05, 0) is 40.5 Å². The number of nitrogens with two attached hydrogens (primary N) is 1. The third-order valence-electron chi connectivity index (χ3n) is 4.97. The summed E-state index contributed by atoms with van der Waals surface area (Å²) in [6.45, 7) is 6.78. The molecule has 33 heavy (non-hydrogen) atoms. The zero-order valence-corrected chi connectivity index (χ0v) is 19.8. The third kappa shape index (κ3) is 6.05. The van der Waals surface area contributed by atoms with Crippen molar-refractivity contribution in [3.63, 3.8) is 0 Å². The second-order valence-corrected chi connectivity index (χ2v) is 10.4. The van der Waals surface area contributed by atoms with Crippen molar-refractivity contribution in [1.29, 1.82) is 0 Å². The number of esters is 1. The van der Waals surface area contributed by atoms with Gasteiger partial charge in [-0.25, -0.2) is 24.8 Å². The van der Waals surface area contributed by atoms with Gasteiger partial charge in [0.25, 0.3) is 7.52 Å². The number of anilines is 1. The molecule has 182 valence electrons. The van der Waals surface area contributed by atoms with E-state index in [4.69, 9.17) is 19.7 Å². The zero-order chi connectivity index (χ0) is 24.4. The highest BCUT2D eigenvalue weighted by Crippen LogP contribution is 2.52. The van der Waals surface area contributed by atoms with Gasteiger partial charge in [0.1, 0.15) is 23.7 Å². The Kier molecular flexibility index (Phi) is 7.37. The number of hydrogen-bond acceptors (Lipinski definition) is 10. The number of aliphatic carboxylic acids is 1.